The Kier molecular flexibility index (Phi) is 3.82. The van der Waals surface area contributed by atoms with Gasteiger partial charge in [0.1, 0.15) is 17.4 Å². The van der Waals surface area contributed by atoms with E-state index in [-0.39, 0.29) is 0 Å². The van der Waals surface area contributed by atoms with E-state index >= 15 is 0 Å². The summed E-state index contributed by atoms with van der Waals surface area (Å²) >= 11 is 9.66. The van der Waals surface area contributed by atoms with Crippen LogP contribution in [0.3, 0.4) is 0 Å². The summed E-state index contributed by atoms with van der Waals surface area (Å²) < 4.78 is 8.31. The lowest BCUT2D eigenvalue weighted by atomic mass is 10.1. The summed E-state index contributed by atoms with van der Waals surface area (Å²) in [6, 6.07) is 7.63. The molecule has 1 aromatic carbocycles. The third-order valence-electron chi connectivity index (χ3n) is 3.49. The summed E-state index contributed by atoms with van der Waals surface area (Å²) in [4.78, 5) is 0. The van der Waals surface area contributed by atoms with Gasteiger partial charge in [-0.1, -0.05) is 23.7 Å². The monoisotopic (exact) mass is 368 g/mol. The minimum absolute atomic E-state index is 0.355. The van der Waals surface area contributed by atoms with Crippen LogP contribution in [0.2, 0.25) is 5.02 Å². The molecule has 2 heterocycles. The van der Waals surface area contributed by atoms with E-state index in [1.165, 1.54) is 0 Å². The highest BCUT2D eigenvalue weighted by Crippen LogP contribution is 2.32. The molecule has 0 spiro atoms. The summed E-state index contributed by atoms with van der Waals surface area (Å²) in [6.07, 6.45) is -0.412. The minimum Gasteiger partial charge on any atom is -0.457 e. The van der Waals surface area contributed by atoms with Crippen LogP contribution in [0.4, 0.5) is 0 Å². The van der Waals surface area contributed by atoms with Crippen LogP contribution in [0, 0.1) is 6.92 Å². The van der Waals surface area contributed by atoms with Crippen molar-refractivity contribution in [1.82, 2.24) is 9.78 Å². The summed E-state index contributed by atoms with van der Waals surface area (Å²) in [7, 11) is 1.82. The van der Waals surface area contributed by atoms with Gasteiger partial charge >= 0.3 is 0 Å². The Morgan fingerprint density at radius 2 is 2.24 bits per heavy atom. The van der Waals surface area contributed by atoms with E-state index in [0.29, 0.717) is 17.2 Å². The van der Waals surface area contributed by atoms with Gasteiger partial charge in [0.05, 0.1) is 20.9 Å². The van der Waals surface area contributed by atoms with Crippen molar-refractivity contribution in [3.8, 4) is 0 Å². The van der Waals surface area contributed by atoms with Crippen LogP contribution in [-0.4, -0.2) is 14.9 Å². The maximum atomic E-state index is 10.4. The van der Waals surface area contributed by atoms with Gasteiger partial charge in [0, 0.05) is 18.9 Å². The highest BCUT2D eigenvalue weighted by molar-refractivity contribution is 9.10. The molecule has 4 nitrogen and oxygen atoms in total. The topological polar surface area (TPSA) is 51.2 Å². The Bertz CT molecular complexity index is 809. The van der Waals surface area contributed by atoms with Gasteiger partial charge in [0.2, 0.25) is 0 Å². The number of aliphatic hydroxyl groups is 1. The van der Waals surface area contributed by atoms with Crippen molar-refractivity contribution in [3.05, 3.63) is 50.9 Å². The number of fused-ring (bicyclic) bond motifs is 1. The van der Waals surface area contributed by atoms with Gasteiger partial charge in [-0.3, -0.25) is 4.68 Å². The van der Waals surface area contributed by atoms with Crippen LogP contribution in [-0.2, 0) is 13.5 Å². The molecule has 21 heavy (non-hydrogen) atoms. The van der Waals surface area contributed by atoms with Crippen molar-refractivity contribution in [2.24, 2.45) is 7.05 Å². The average Bonchev–Trinajstić information content (AvgIpc) is 2.97. The number of furan rings is 1. The Hall–Kier alpha value is -1.30. The Labute approximate surface area is 135 Å². The molecule has 0 saturated heterocycles. The molecule has 0 aliphatic heterocycles. The molecule has 0 fully saturated rings. The van der Waals surface area contributed by atoms with E-state index < -0.39 is 6.10 Å². The highest BCUT2D eigenvalue weighted by Gasteiger charge is 2.20. The summed E-state index contributed by atoms with van der Waals surface area (Å²) in [5.41, 5.74) is 2.29. The lowest BCUT2D eigenvalue weighted by Gasteiger charge is -2.08. The fourth-order valence-corrected chi connectivity index (χ4v) is 3.10. The van der Waals surface area contributed by atoms with Gasteiger partial charge in [0.25, 0.3) is 0 Å². The molecule has 0 bridgehead atoms. The molecule has 0 aliphatic carbocycles. The zero-order chi connectivity index (χ0) is 15.1. The van der Waals surface area contributed by atoms with Gasteiger partial charge in [-0.15, -0.1) is 0 Å². The number of rotatable bonds is 3. The lowest BCUT2D eigenvalue weighted by Crippen LogP contribution is -2.06. The Balaban J connectivity index is 1.93. The first-order chi connectivity index (χ1) is 9.97. The maximum Gasteiger partial charge on any atom is 0.148 e. The number of aryl methyl sites for hydroxylation is 2. The number of nitrogens with zero attached hydrogens (tertiary/aromatic N) is 2. The number of aromatic nitrogens is 2. The molecule has 1 atom stereocenters. The van der Waals surface area contributed by atoms with Gasteiger partial charge in [-0.2, -0.15) is 5.10 Å². The van der Waals surface area contributed by atoms with E-state index in [9.17, 15) is 5.11 Å². The van der Waals surface area contributed by atoms with Crippen LogP contribution in [0.25, 0.3) is 11.0 Å². The van der Waals surface area contributed by atoms with E-state index in [1.54, 1.807) is 4.68 Å². The van der Waals surface area contributed by atoms with Crippen molar-refractivity contribution in [2.45, 2.75) is 19.4 Å². The molecule has 2 aromatic heterocycles. The number of aliphatic hydroxyl groups excluding tert-OH is 1. The number of hydrogen-bond acceptors (Lipinski definition) is 3. The maximum absolute atomic E-state index is 10.4. The van der Waals surface area contributed by atoms with Crippen LogP contribution in [0.15, 0.2) is 33.2 Å². The van der Waals surface area contributed by atoms with E-state index in [4.69, 9.17) is 16.0 Å². The summed E-state index contributed by atoms with van der Waals surface area (Å²) in [5.74, 6) is 0.520. The molecule has 0 aliphatic rings. The van der Waals surface area contributed by atoms with E-state index in [0.717, 1.165) is 26.8 Å². The molecule has 0 amide bonds. The first-order valence-electron chi connectivity index (χ1n) is 6.51. The predicted molar refractivity (Wildman–Crippen MR) is 85.5 cm³/mol. The lowest BCUT2D eigenvalue weighted by molar-refractivity contribution is 0.150. The Morgan fingerprint density at radius 1 is 1.48 bits per heavy atom. The fourth-order valence-electron chi connectivity index (χ4n) is 2.40. The standard InChI is InChI=1S/C15H14BrClN2O2/c1-8-14(17)11(19(2)18-8)7-12(20)13-6-9-4-3-5-10(16)15(9)21-13/h3-6,12,20H,7H2,1-2H3. The third kappa shape index (κ3) is 2.61. The number of hydrogen-bond donors (Lipinski definition) is 1. The molecule has 0 saturated carbocycles. The largest absolute Gasteiger partial charge is 0.457 e. The average molecular weight is 370 g/mol. The molecule has 6 heteroatoms. The predicted octanol–water partition coefficient (Wildman–Crippen LogP) is 4.17. The van der Waals surface area contributed by atoms with Gasteiger partial charge in [-0.05, 0) is 35.0 Å². The second kappa shape index (κ2) is 5.48. The molecular weight excluding hydrogens is 356 g/mol. The second-order valence-electron chi connectivity index (χ2n) is 5.00. The van der Waals surface area contributed by atoms with Gasteiger partial charge < -0.3 is 9.52 Å². The molecule has 110 valence electrons. The smallest absolute Gasteiger partial charge is 0.148 e. The highest BCUT2D eigenvalue weighted by atomic mass is 79.9. The normalized spacial score (nSPS) is 13.0. The molecule has 0 radical (unpaired) electrons. The van der Waals surface area contributed by atoms with Crippen molar-refractivity contribution < 1.29 is 9.52 Å². The SMILES string of the molecule is Cc1nn(C)c(CC(O)c2cc3cccc(Br)c3o2)c1Cl. The first-order valence-corrected chi connectivity index (χ1v) is 7.68. The van der Waals surface area contributed by atoms with Crippen molar-refractivity contribution >= 4 is 38.5 Å². The Morgan fingerprint density at radius 3 is 2.86 bits per heavy atom. The number of halogens is 2. The number of benzene rings is 1. The van der Waals surface area contributed by atoms with Crippen LogP contribution in [0.5, 0.6) is 0 Å². The molecule has 3 aromatic rings. The van der Waals surface area contributed by atoms with Crippen molar-refractivity contribution in [1.29, 1.82) is 0 Å². The molecular formula is C15H14BrClN2O2. The zero-order valence-corrected chi connectivity index (χ0v) is 13.9. The summed E-state index contributed by atoms with van der Waals surface area (Å²) in [6.45, 7) is 1.84. The zero-order valence-electron chi connectivity index (χ0n) is 11.6. The minimum atomic E-state index is -0.767. The summed E-state index contributed by atoms with van der Waals surface area (Å²) in [5, 5.41) is 16.2. The van der Waals surface area contributed by atoms with Crippen LogP contribution >= 0.6 is 27.5 Å². The van der Waals surface area contributed by atoms with E-state index in [1.807, 2.05) is 38.2 Å². The van der Waals surface area contributed by atoms with Gasteiger partial charge in [0.15, 0.2) is 0 Å². The number of para-hydroxylation sites is 1. The first kappa shape index (κ1) is 14.6. The fraction of sp³-hybridized carbons (Fsp3) is 0.267. The molecule has 1 unspecified atom stereocenters. The molecule has 1 N–H and O–H groups in total. The third-order valence-corrected chi connectivity index (χ3v) is 4.61. The van der Waals surface area contributed by atoms with Gasteiger partial charge in [-0.25, -0.2) is 0 Å². The van der Waals surface area contributed by atoms with Crippen LogP contribution < -0.4 is 0 Å². The van der Waals surface area contributed by atoms with Crippen molar-refractivity contribution in [2.75, 3.05) is 0 Å². The quantitative estimate of drug-likeness (QED) is 0.754. The van der Waals surface area contributed by atoms with E-state index in [2.05, 4.69) is 21.0 Å². The second-order valence-corrected chi connectivity index (χ2v) is 6.23. The van der Waals surface area contributed by atoms with Crippen LogP contribution in [0.1, 0.15) is 23.3 Å². The molecule has 3 rings (SSSR count). The van der Waals surface area contributed by atoms with Crippen molar-refractivity contribution in [3.63, 3.8) is 0 Å².